The first-order valence-corrected chi connectivity index (χ1v) is 19.8. The van der Waals surface area contributed by atoms with Crippen LogP contribution in [0.25, 0.3) is 116 Å². The van der Waals surface area contributed by atoms with Gasteiger partial charge in [0.1, 0.15) is 11.2 Å². The minimum absolute atomic E-state index is 0.875. The number of rotatable bonds is 4. The number of fused-ring (bicyclic) bond motifs is 13. The van der Waals surface area contributed by atoms with Crippen molar-refractivity contribution in [2.75, 3.05) is 0 Å². The predicted molar refractivity (Wildman–Crippen MR) is 242 cm³/mol. The van der Waals surface area contributed by atoms with Gasteiger partial charge < -0.3 is 18.1 Å². The molecule has 270 valence electrons. The monoisotopic (exact) mass is 739 g/mol. The van der Waals surface area contributed by atoms with E-state index in [1.807, 2.05) is 0 Å². The Kier molecular flexibility index (Phi) is 6.41. The van der Waals surface area contributed by atoms with E-state index in [2.05, 4.69) is 214 Å². The highest BCUT2D eigenvalue weighted by atomic mass is 16.3. The highest BCUT2D eigenvalue weighted by molar-refractivity contribution is 6.26. The Hall–Kier alpha value is -7.82. The molecule has 0 radical (unpaired) electrons. The molecule has 58 heavy (non-hydrogen) atoms. The summed E-state index contributed by atoms with van der Waals surface area (Å²) in [7, 11) is 0. The summed E-state index contributed by atoms with van der Waals surface area (Å²) >= 11 is 0. The number of hydrogen-bond donors (Lipinski definition) is 0. The molecule has 0 aliphatic carbocycles. The van der Waals surface area contributed by atoms with Crippen LogP contribution in [0.3, 0.4) is 0 Å². The van der Waals surface area contributed by atoms with E-state index in [-0.39, 0.29) is 0 Å². The first-order valence-electron chi connectivity index (χ1n) is 19.8. The normalized spacial score (nSPS) is 12.1. The van der Waals surface area contributed by atoms with Gasteiger partial charge in [0.15, 0.2) is 0 Å². The number of aromatic nitrogens is 3. The Bertz CT molecular complexity index is 3730. The van der Waals surface area contributed by atoms with Gasteiger partial charge in [-0.2, -0.15) is 0 Å². The van der Waals surface area contributed by atoms with E-state index in [1.165, 1.54) is 71.0 Å². The van der Waals surface area contributed by atoms with E-state index < -0.39 is 0 Å². The molecule has 0 fully saturated rings. The van der Waals surface area contributed by atoms with E-state index in [1.54, 1.807) is 0 Å². The number of para-hydroxylation sites is 4. The second-order valence-corrected chi connectivity index (χ2v) is 15.3. The number of benzene rings is 9. The van der Waals surface area contributed by atoms with Gasteiger partial charge in [-0.15, -0.1) is 0 Å². The summed E-state index contributed by atoms with van der Waals surface area (Å²) in [6.45, 7) is 0. The van der Waals surface area contributed by atoms with Gasteiger partial charge in [-0.1, -0.05) is 121 Å². The number of furan rings is 1. The topological polar surface area (TPSA) is 27.9 Å². The van der Waals surface area contributed by atoms with Crippen LogP contribution in [0.2, 0.25) is 0 Å². The van der Waals surface area contributed by atoms with Gasteiger partial charge in [-0.25, -0.2) is 0 Å². The minimum atomic E-state index is 0.875. The molecular weight excluding hydrogens is 707 g/mol. The highest BCUT2D eigenvalue weighted by Gasteiger charge is 2.22. The molecule has 0 unspecified atom stereocenters. The maximum atomic E-state index is 6.52. The fraction of sp³-hybridized carbons (Fsp3) is 0. The van der Waals surface area contributed by atoms with Gasteiger partial charge in [0, 0.05) is 60.2 Å². The largest absolute Gasteiger partial charge is 0.456 e. The number of hydrogen-bond acceptors (Lipinski definition) is 1. The maximum absolute atomic E-state index is 6.52. The molecule has 0 N–H and O–H groups in total. The van der Waals surface area contributed by atoms with Crippen molar-refractivity contribution in [1.29, 1.82) is 0 Å². The average Bonchev–Trinajstić information content (AvgIpc) is 4.02. The van der Waals surface area contributed by atoms with Crippen LogP contribution in [0.15, 0.2) is 205 Å². The molecule has 9 aromatic carbocycles. The summed E-state index contributed by atoms with van der Waals surface area (Å²) in [5, 5.41) is 9.64. The highest BCUT2D eigenvalue weighted by Crippen LogP contribution is 2.43. The van der Waals surface area contributed by atoms with Crippen molar-refractivity contribution in [1.82, 2.24) is 13.7 Å². The summed E-state index contributed by atoms with van der Waals surface area (Å²) in [6.07, 6.45) is 0. The molecule has 0 amide bonds. The second-order valence-electron chi connectivity index (χ2n) is 15.3. The van der Waals surface area contributed by atoms with E-state index in [4.69, 9.17) is 4.42 Å². The van der Waals surface area contributed by atoms with Crippen LogP contribution >= 0.6 is 0 Å². The Morgan fingerprint density at radius 2 is 0.724 bits per heavy atom. The van der Waals surface area contributed by atoms with Crippen LogP contribution in [0.4, 0.5) is 0 Å². The lowest BCUT2D eigenvalue weighted by Gasteiger charge is -2.11. The summed E-state index contributed by atoms with van der Waals surface area (Å²) in [6, 6.07) is 72.4. The number of nitrogens with zero attached hydrogens (tertiary/aromatic N) is 3. The van der Waals surface area contributed by atoms with Gasteiger partial charge in [0.25, 0.3) is 0 Å². The molecule has 4 heterocycles. The molecule has 0 saturated carbocycles. The zero-order valence-corrected chi connectivity index (χ0v) is 31.3. The molecule has 13 aromatic rings. The van der Waals surface area contributed by atoms with Crippen LogP contribution in [0.5, 0.6) is 0 Å². The summed E-state index contributed by atoms with van der Waals surface area (Å²) in [5.74, 6) is 0. The molecule has 0 spiro atoms. The first-order chi connectivity index (χ1) is 28.8. The van der Waals surface area contributed by atoms with Crippen molar-refractivity contribution < 1.29 is 4.42 Å². The molecule has 4 heteroatoms. The lowest BCUT2D eigenvalue weighted by atomic mass is 10.1. The van der Waals surface area contributed by atoms with Gasteiger partial charge in [0.2, 0.25) is 0 Å². The molecule has 0 bridgehead atoms. The summed E-state index contributed by atoms with van der Waals surface area (Å²) in [4.78, 5) is 0. The molecule has 0 aliphatic heterocycles. The maximum Gasteiger partial charge on any atom is 0.135 e. The SMILES string of the molecule is c1ccc(-c2ccc(-n3c4ccccc4c4ccc5c(c6ccccc6n5-c5ccc6oc7ccc(-n8c9ccccc9c9ccccc98)cc7c6c5)c43)cc2)cc1. The van der Waals surface area contributed by atoms with E-state index in [0.29, 0.717) is 0 Å². The van der Waals surface area contributed by atoms with E-state index >= 15 is 0 Å². The van der Waals surface area contributed by atoms with Crippen molar-refractivity contribution >= 4 is 87.4 Å². The van der Waals surface area contributed by atoms with E-state index in [0.717, 1.165) is 44.5 Å². The Labute approximate surface area is 332 Å². The molecule has 13 rings (SSSR count). The fourth-order valence-electron chi connectivity index (χ4n) is 9.72. The summed E-state index contributed by atoms with van der Waals surface area (Å²) < 4.78 is 13.8. The van der Waals surface area contributed by atoms with Crippen LogP contribution < -0.4 is 0 Å². The molecule has 4 aromatic heterocycles. The lowest BCUT2D eigenvalue weighted by molar-refractivity contribution is 0.669. The Balaban J connectivity index is 1.05. The first kappa shape index (κ1) is 31.4. The minimum Gasteiger partial charge on any atom is -0.456 e. The van der Waals surface area contributed by atoms with Crippen LogP contribution in [0, 0.1) is 0 Å². The standard InChI is InChI=1S/C54H33N3O/c1-2-12-34(13-3-1)35-22-24-36(25-23-35)57-48-20-10-6-16-41(48)42-28-29-50-53(54(42)57)43-17-7-11-21-49(43)56(50)38-27-31-52-45(33-38)44-32-37(26-30-51(44)58-52)55-46-18-8-4-14-39(46)40-15-5-9-19-47(40)55/h1-33H. The van der Waals surface area contributed by atoms with E-state index in [9.17, 15) is 0 Å². The molecule has 0 aliphatic rings. The predicted octanol–water partition coefficient (Wildman–Crippen LogP) is 14.5. The third-order valence-electron chi connectivity index (χ3n) is 12.2. The van der Waals surface area contributed by atoms with Gasteiger partial charge in [-0.05, 0) is 90.0 Å². The molecule has 0 atom stereocenters. The van der Waals surface area contributed by atoms with Gasteiger partial charge in [0.05, 0.1) is 33.1 Å². The quantitative estimate of drug-likeness (QED) is 0.177. The van der Waals surface area contributed by atoms with Crippen molar-refractivity contribution in [2.24, 2.45) is 0 Å². The average molecular weight is 740 g/mol. The third kappa shape index (κ3) is 4.34. The zero-order chi connectivity index (χ0) is 37.9. The Morgan fingerprint density at radius 1 is 0.276 bits per heavy atom. The lowest BCUT2D eigenvalue weighted by Crippen LogP contribution is -1.95. The van der Waals surface area contributed by atoms with Crippen LogP contribution in [-0.2, 0) is 0 Å². The van der Waals surface area contributed by atoms with Crippen molar-refractivity contribution in [3.8, 4) is 28.2 Å². The zero-order valence-electron chi connectivity index (χ0n) is 31.3. The van der Waals surface area contributed by atoms with Gasteiger partial charge >= 0.3 is 0 Å². The van der Waals surface area contributed by atoms with Crippen molar-refractivity contribution in [2.45, 2.75) is 0 Å². The molecule has 4 nitrogen and oxygen atoms in total. The Morgan fingerprint density at radius 3 is 1.33 bits per heavy atom. The van der Waals surface area contributed by atoms with Crippen LogP contribution in [0.1, 0.15) is 0 Å². The smallest absolute Gasteiger partial charge is 0.135 e. The third-order valence-corrected chi connectivity index (χ3v) is 12.2. The van der Waals surface area contributed by atoms with Gasteiger partial charge in [-0.3, -0.25) is 0 Å². The summed E-state index contributed by atoms with van der Waals surface area (Å²) in [5.41, 5.74) is 14.6. The second kappa shape index (κ2) is 11.8. The van der Waals surface area contributed by atoms with Crippen molar-refractivity contribution in [3.63, 3.8) is 0 Å². The van der Waals surface area contributed by atoms with Crippen LogP contribution in [-0.4, -0.2) is 13.7 Å². The molecule has 0 saturated heterocycles. The molecular formula is C54H33N3O. The van der Waals surface area contributed by atoms with Crippen molar-refractivity contribution in [3.05, 3.63) is 200 Å². The fourth-order valence-corrected chi connectivity index (χ4v) is 9.72.